The van der Waals surface area contributed by atoms with Gasteiger partial charge in [-0.1, -0.05) is 29.4 Å². The van der Waals surface area contributed by atoms with E-state index in [1.54, 1.807) is 14.2 Å². The summed E-state index contributed by atoms with van der Waals surface area (Å²) in [6.45, 7) is 2.55. The molecule has 0 saturated carbocycles. The van der Waals surface area contributed by atoms with Crippen LogP contribution in [-0.2, 0) is 16.0 Å². The summed E-state index contributed by atoms with van der Waals surface area (Å²) in [6.07, 6.45) is 0.243. The smallest absolute Gasteiger partial charge is 0.170 e. The molecule has 2 rings (SSSR count). The molecule has 0 aliphatic carbocycles. The maximum Gasteiger partial charge on any atom is 0.170 e. The highest BCUT2D eigenvalue weighted by Gasteiger charge is 2.32. The van der Waals surface area contributed by atoms with Gasteiger partial charge in [0.15, 0.2) is 5.84 Å². The SMILES string of the molecule is COC1CN(Cc2ccc(/C(N)=N/O)cc2)CC1OC. The molecule has 1 saturated heterocycles. The van der Waals surface area contributed by atoms with Gasteiger partial charge in [0, 0.05) is 39.4 Å². The predicted octanol–water partition coefficient (Wildman–Crippen LogP) is 0.627. The molecule has 20 heavy (non-hydrogen) atoms. The number of benzene rings is 1. The van der Waals surface area contributed by atoms with Gasteiger partial charge >= 0.3 is 0 Å². The Morgan fingerprint density at radius 1 is 1.25 bits per heavy atom. The van der Waals surface area contributed by atoms with Crippen molar-refractivity contribution in [2.45, 2.75) is 18.8 Å². The van der Waals surface area contributed by atoms with Crippen LogP contribution < -0.4 is 5.73 Å². The molecule has 0 amide bonds. The average Bonchev–Trinajstić information content (AvgIpc) is 2.89. The highest BCUT2D eigenvalue weighted by molar-refractivity contribution is 5.96. The summed E-state index contributed by atoms with van der Waals surface area (Å²) in [5.41, 5.74) is 7.42. The summed E-state index contributed by atoms with van der Waals surface area (Å²) in [5, 5.41) is 11.6. The van der Waals surface area contributed by atoms with E-state index in [1.165, 1.54) is 5.56 Å². The Morgan fingerprint density at radius 2 is 1.80 bits per heavy atom. The number of oxime groups is 1. The van der Waals surface area contributed by atoms with E-state index in [-0.39, 0.29) is 18.0 Å². The normalized spacial score (nSPS) is 24.2. The fourth-order valence-electron chi connectivity index (χ4n) is 2.50. The zero-order valence-electron chi connectivity index (χ0n) is 11.8. The van der Waals surface area contributed by atoms with E-state index in [1.807, 2.05) is 24.3 Å². The number of hydrogen-bond donors (Lipinski definition) is 2. The van der Waals surface area contributed by atoms with E-state index in [0.29, 0.717) is 5.56 Å². The Hall–Kier alpha value is -1.63. The summed E-state index contributed by atoms with van der Waals surface area (Å²) in [4.78, 5) is 2.29. The zero-order valence-corrected chi connectivity index (χ0v) is 11.8. The minimum Gasteiger partial charge on any atom is -0.409 e. The minimum absolute atomic E-state index is 0.122. The summed E-state index contributed by atoms with van der Waals surface area (Å²) >= 11 is 0. The molecule has 1 aliphatic heterocycles. The molecule has 2 atom stereocenters. The van der Waals surface area contributed by atoms with E-state index in [0.717, 1.165) is 19.6 Å². The Morgan fingerprint density at radius 3 is 2.25 bits per heavy atom. The van der Waals surface area contributed by atoms with Crippen molar-refractivity contribution in [1.29, 1.82) is 0 Å². The van der Waals surface area contributed by atoms with Crippen molar-refractivity contribution in [3.05, 3.63) is 35.4 Å². The molecule has 0 spiro atoms. The van der Waals surface area contributed by atoms with Crippen molar-refractivity contribution < 1.29 is 14.7 Å². The molecule has 3 N–H and O–H groups in total. The van der Waals surface area contributed by atoms with E-state index in [9.17, 15) is 0 Å². The van der Waals surface area contributed by atoms with Gasteiger partial charge in [-0.15, -0.1) is 0 Å². The van der Waals surface area contributed by atoms with Gasteiger partial charge in [-0.2, -0.15) is 0 Å². The second-order valence-electron chi connectivity index (χ2n) is 4.92. The van der Waals surface area contributed by atoms with Gasteiger partial charge in [-0.3, -0.25) is 4.90 Å². The van der Waals surface area contributed by atoms with Crippen molar-refractivity contribution in [3.63, 3.8) is 0 Å². The largest absolute Gasteiger partial charge is 0.409 e. The fraction of sp³-hybridized carbons (Fsp3) is 0.500. The maximum atomic E-state index is 8.63. The van der Waals surface area contributed by atoms with Crippen LogP contribution in [0, 0.1) is 0 Å². The van der Waals surface area contributed by atoms with Gasteiger partial charge < -0.3 is 20.4 Å². The molecule has 6 nitrogen and oxygen atoms in total. The van der Waals surface area contributed by atoms with Gasteiger partial charge in [0.2, 0.25) is 0 Å². The summed E-state index contributed by atoms with van der Waals surface area (Å²) in [7, 11) is 3.43. The van der Waals surface area contributed by atoms with Crippen LogP contribution in [0.3, 0.4) is 0 Å². The van der Waals surface area contributed by atoms with Gasteiger partial charge in [0.25, 0.3) is 0 Å². The lowest BCUT2D eigenvalue weighted by molar-refractivity contribution is -0.00461. The highest BCUT2D eigenvalue weighted by Crippen LogP contribution is 2.18. The van der Waals surface area contributed by atoms with Gasteiger partial charge in [-0.05, 0) is 5.56 Å². The quantitative estimate of drug-likeness (QED) is 0.357. The van der Waals surface area contributed by atoms with Crippen molar-refractivity contribution in [2.75, 3.05) is 27.3 Å². The number of methoxy groups -OCH3 is 2. The third kappa shape index (κ3) is 3.27. The molecular weight excluding hydrogens is 258 g/mol. The van der Waals surface area contributed by atoms with Crippen molar-refractivity contribution in [2.24, 2.45) is 10.9 Å². The summed E-state index contributed by atoms with van der Waals surface area (Å²) < 4.78 is 10.8. The Kier molecular flexibility index (Phi) is 4.94. The Bertz CT molecular complexity index is 449. The number of likely N-dealkylation sites (tertiary alicyclic amines) is 1. The van der Waals surface area contributed by atoms with Crippen LogP contribution in [0.5, 0.6) is 0 Å². The average molecular weight is 279 g/mol. The second-order valence-corrected chi connectivity index (χ2v) is 4.92. The Labute approximate surface area is 118 Å². The fourth-order valence-corrected chi connectivity index (χ4v) is 2.50. The van der Waals surface area contributed by atoms with Crippen LogP contribution >= 0.6 is 0 Å². The van der Waals surface area contributed by atoms with Gasteiger partial charge in [0.05, 0.1) is 12.2 Å². The molecule has 0 radical (unpaired) electrons. The lowest BCUT2D eigenvalue weighted by Gasteiger charge is -2.15. The Balaban J connectivity index is 1.97. The van der Waals surface area contributed by atoms with Crippen LogP contribution in [0.15, 0.2) is 29.4 Å². The van der Waals surface area contributed by atoms with Gasteiger partial charge in [0.1, 0.15) is 0 Å². The molecular formula is C14H21N3O3. The van der Waals surface area contributed by atoms with Crippen LogP contribution in [-0.4, -0.2) is 55.5 Å². The molecule has 6 heteroatoms. The number of nitrogens with zero attached hydrogens (tertiary/aromatic N) is 2. The minimum atomic E-state index is 0.122. The lowest BCUT2D eigenvalue weighted by Crippen LogP contribution is -2.27. The summed E-state index contributed by atoms with van der Waals surface area (Å²) in [6, 6.07) is 7.66. The topological polar surface area (TPSA) is 80.3 Å². The first-order chi connectivity index (χ1) is 9.67. The third-order valence-electron chi connectivity index (χ3n) is 3.66. The number of rotatable bonds is 5. The molecule has 1 aliphatic rings. The molecule has 110 valence electrons. The monoisotopic (exact) mass is 279 g/mol. The number of hydrogen-bond acceptors (Lipinski definition) is 5. The molecule has 1 fully saturated rings. The highest BCUT2D eigenvalue weighted by atomic mass is 16.5. The van der Waals surface area contributed by atoms with Crippen LogP contribution in [0.1, 0.15) is 11.1 Å². The van der Waals surface area contributed by atoms with Crippen LogP contribution in [0.4, 0.5) is 0 Å². The van der Waals surface area contributed by atoms with E-state index >= 15 is 0 Å². The van der Waals surface area contributed by atoms with Crippen molar-refractivity contribution in [1.82, 2.24) is 4.90 Å². The zero-order chi connectivity index (χ0) is 14.5. The molecule has 1 heterocycles. The number of nitrogens with two attached hydrogens (primary N) is 1. The standard InChI is InChI=1S/C14H21N3O3/c1-19-12-8-17(9-13(12)20-2)7-10-3-5-11(6-4-10)14(15)16-18/h3-6,12-13,18H,7-9H2,1-2H3,(H2,15,16). The summed E-state index contributed by atoms with van der Waals surface area (Å²) in [5.74, 6) is 0.122. The second kappa shape index (κ2) is 6.69. The van der Waals surface area contributed by atoms with Crippen molar-refractivity contribution in [3.8, 4) is 0 Å². The number of amidine groups is 1. The maximum absolute atomic E-state index is 8.63. The number of ether oxygens (including phenoxy) is 2. The predicted molar refractivity (Wildman–Crippen MR) is 75.8 cm³/mol. The van der Waals surface area contributed by atoms with E-state index < -0.39 is 0 Å². The van der Waals surface area contributed by atoms with E-state index in [4.69, 9.17) is 20.4 Å². The van der Waals surface area contributed by atoms with E-state index in [2.05, 4.69) is 10.1 Å². The molecule has 0 aromatic heterocycles. The van der Waals surface area contributed by atoms with Gasteiger partial charge in [-0.25, -0.2) is 0 Å². The van der Waals surface area contributed by atoms with Crippen LogP contribution in [0.2, 0.25) is 0 Å². The van der Waals surface area contributed by atoms with Crippen molar-refractivity contribution >= 4 is 5.84 Å². The van der Waals surface area contributed by atoms with Crippen LogP contribution in [0.25, 0.3) is 0 Å². The first-order valence-electron chi connectivity index (χ1n) is 6.52. The molecule has 2 unspecified atom stereocenters. The molecule has 1 aromatic carbocycles. The molecule has 0 bridgehead atoms. The molecule has 1 aromatic rings. The first-order valence-corrected chi connectivity index (χ1v) is 6.52. The first kappa shape index (κ1) is 14.8. The third-order valence-corrected chi connectivity index (χ3v) is 3.66. The lowest BCUT2D eigenvalue weighted by atomic mass is 10.1.